The molecule has 0 bridgehead atoms. The molecule has 0 N–H and O–H groups in total. The molecule has 4 heteroatoms. The predicted molar refractivity (Wildman–Crippen MR) is 126 cm³/mol. The lowest BCUT2D eigenvalue weighted by molar-refractivity contribution is 0.192. The highest BCUT2D eigenvalue weighted by Gasteiger charge is 2.47. The topological polar surface area (TPSA) is 15.7 Å². The van der Waals surface area contributed by atoms with Gasteiger partial charge in [0.2, 0.25) is 0 Å². The number of rotatable bonds is 7. The summed E-state index contributed by atoms with van der Waals surface area (Å²) in [6, 6.07) is 32.9. The van der Waals surface area contributed by atoms with Gasteiger partial charge in [0.1, 0.15) is 0 Å². The molecule has 156 valence electrons. The van der Waals surface area contributed by atoms with Crippen molar-refractivity contribution in [2.45, 2.75) is 38.0 Å². The molecule has 3 aromatic carbocycles. The Hall–Kier alpha value is -2.03. The van der Waals surface area contributed by atoms with Crippen LogP contribution in [-0.2, 0) is 4.52 Å². The summed E-state index contributed by atoms with van der Waals surface area (Å²) in [6.07, 6.45) is 2.23. The fourth-order valence-electron chi connectivity index (χ4n) is 4.41. The van der Waals surface area contributed by atoms with E-state index in [9.17, 15) is 0 Å². The lowest BCUT2D eigenvalue weighted by Crippen LogP contribution is -2.20. The fourth-order valence-corrected chi connectivity index (χ4v) is 6.56. The molecule has 0 radical (unpaired) electrons. The van der Waals surface area contributed by atoms with Crippen molar-refractivity contribution in [1.82, 2.24) is 9.34 Å². The van der Waals surface area contributed by atoms with Crippen molar-refractivity contribution in [2.75, 3.05) is 14.1 Å². The van der Waals surface area contributed by atoms with Gasteiger partial charge in [-0.05, 0) is 37.2 Å². The van der Waals surface area contributed by atoms with Crippen molar-refractivity contribution < 1.29 is 4.52 Å². The molecule has 1 heterocycles. The van der Waals surface area contributed by atoms with Gasteiger partial charge in [-0.2, -0.15) is 0 Å². The van der Waals surface area contributed by atoms with Gasteiger partial charge in [-0.3, -0.25) is 0 Å². The maximum Gasteiger partial charge on any atom is 0.189 e. The summed E-state index contributed by atoms with van der Waals surface area (Å²) in [6.45, 7) is 2.23. The van der Waals surface area contributed by atoms with Crippen LogP contribution in [0.15, 0.2) is 91.0 Å². The van der Waals surface area contributed by atoms with Crippen molar-refractivity contribution in [3.05, 3.63) is 108 Å². The largest absolute Gasteiger partial charge is 0.323 e. The van der Waals surface area contributed by atoms with Crippen molar-refractivity contribution in [1.29, 1.82) is 0 Å². The monoisotopic (exact) mass is 418 g/mol. The number of hydrogen-bond acceptors (Lipinski definition) is 3. The van der Waals surface area contributed by atoms with Crippen LogP contribution in [0.25, 0.3) is 0 Å². The highest BCUT2D eigenvalue weighted by Crippen LogP contribution is 2.64. The van der Waals surface area contributed by atoms with E-state index in [1.807, 2.05) is 0 Å². The SMILES string of the molecule is CCC[C@H](OP1N(C)[C@H](c2ccccc2)[C@@H](c2ccccc2)N1C)c1ccccc1. The molecule has 0 amide bonds. The van der Waals surface area contributed by atoms with E-state index in [0.29, 0.717) is 0 Å². The van der Waals surface area contributed by atoms with E-state index in [1.54, 1.807) is 0 Å². The van der Waals surface area contributed by atoms with Crippen LogP contribution in [0.3, 0.4) is 0 Å². The molecular weight excluding hydrogens is 387 g/mol. The van der Waals surface area contributed by atoms with E-state index in [1.165, 1.54) is 16.7 Å². The zero-order valence-corrected chi connectivity index (χ0v) is 19.0. The molecule has 30 heavy (non-hydrogen) atoms. The second-order valence-electron chi connectivity index (χ2n) is 7.90. The predicted octanol–water partition coefficient (Wildman–Crippen LogP) is 7.13. The van der Waals surface area contributed by atoms with Crippen molar-refractivity contribution in [2.24, 2.45) is 0 Å². The van der Waals surface area contributed by atoms with Crippen LogP contribution in [-0.4, -0.2) is 23.4 Å². The molecule has 1 aliphatic rings. The Bertz CT molecular complexity index is 855. The average molecular weight is 419 g/mol. The van der Waals surface area contributed by atoms with Gasteiger partial charge >= 0.3 is 0 Å². The third kappa shape index (κ3) is 4.36. The van der Waals surface area contributed by atoms with Crippen LogP contribution < -0.4 is 0 Å². The Morgan fingerprint density at radius 3 is 1.60 bits per heavy atom. The maximum absolute atomic E-state index is 6.88. The molecule has 3 nitrogen and oxygen atoms in total. The molecule has 0 aliphatic carbocycles. The van der Waals surface area contributed by atoms with Crippen LogP contribution in [0.2, 0.25) is 0 Å². The summed E-state index contributed by atoms with van der Waals surface area (Å²) in [5, 5.41) is 0. The summed E-state index contributed by atoms with van der Waals surface area (Å²) in [7, 11) is 3.54. The molecule has 3 aromatic rings. The van der Waals surface area contributed by atoms with Crippen LogP contribution >= 0.6 is 8.45 Å². The maximum atomic E-state index is 6.88. The zero-order chi connectivity index (χ0) is 20.9. The lowest BCUT2D eigenvalue weighted by Gasteiger charge is -2.30. The normalized spacial score (nSPS) is 21.7. The van der Waals surface area contributed by atoms with E-state index in [-0.39, 0.29) is 18.2 Å². The number of benzene rings is 3. The van der Waals surface area contributed by atoms with Gasteiger partial charge in [0.25, 0.3) is 0 Å². The van der Waals surface area contributed by atoms with Crippen molar-refractivity contribution in [3.8, 4) is 0 Å². The number of likely N-dealkylation sites (N-methyl/N-ethyl adjacent to an activating group) is 2. The summed E-state index contributed by atoms with van der Waals surface area (Å²) < 4.78 is 11.8. The molecular formula is C26H31N2OP. The molecule has 0 spiro atoms. The first-order valence-corrected chi connectivity index (χ1v) is 11.9. The van der Waals surface area contributed by atoms with Crippen LogP contribution in [0.5, 0.6) is 0 Å². The molecule has 0 aromatic heterocycles. The van der Waals surface area contributed by atoms with Gasteiger partial charge in [0.15, 0.2) is 8.45 Å². The molecule has 1 fully saturated rings. The van der Waals surface area contributed by atoms with Gasteiger partial charge in [-0.1, -0.05) is 104 Å². The minimum absolute atomic E-state index is 0.109. The zero-order valence-electron chi connectivity index (χ0n) is 18.1. The Morgan fingerprint density at radius 1 is 0.733 bits per heavy atom. The Kier molecular flexibility index (Phi) is 6.97. The highest BCUT2D eigenvalue weighted by molar-refractivity contribution is 7.47. The standard InChI is InChI=1S/C26H31N2OP/c1-4-14-24(21-15-8-5-9-16-21)29-30-27(2)25(22-17-10-6-11-18-22)26(28(30)3)23-19-12-7-13-20-23/h5-13,15-20,24-26H,4,14H2,1-3H3/t24-,25+,26+/m0/s1. The molecule has 1 aliphatic heterocycles. The first-order chi connectivity index (χ1) is 14.7. The van der Waals surface area contributed by atoms with Gasteiger partial charge < -0.3 is 4.52 Å². The molecule has 4 rings (SSSR count). The third-order valence-corrected chi connectivity index (χ3v) is 7.89. The molecule has 0 saturated carbocycles. The average Bonchev–Trinajstić information content (AvgIpc) is 3.05. The number of nitrogens with zero attached hydrogens (tertiary/aromatic N) is 2. The van der Waals surface area contributed by atoms with Crippen molar-refractivity contribution >= 4 is 8.45 Å². The second kappa shape index (κ2) is 9.85. The minimum Gasteiger partial charge on any atom is -0.323 e. The second-order valence-corrected chi connectivity index (χ2v) is 9.88. The summed E-state index contributed by atoms with van der Waals surface area (Å²) in [4.78, 5) is 0. The van der Waals surface area contributed by atoms with E-state index in [4.69, 9.17) is 4.52 Å². The van der Waals surface area contributed by atoms with E-state index in [2.05, 4.69) is 121 Å². The van der Waals surface area contributed by atoms with Crippen LogP contribution in [0.1, 0.15) is 54.6 Å². The first-order valence-electron chi connectivity index (χ1n) is 10.8. The van der Waals surface area contributed by atoms with E-state index < -0.39 is 8.45 Å². The lowest BCUT2D eigenvalue weighted by atomic mass is 9.93. The van der Waals surface area contributed by atoms with E-state index in [0.717, 1.165) is 12.8 Å². The quantitative estimate of drug-likeness (QED) is 0.380. The third-order valence-electron chi connectivity index (χ3n) is 5.87. The Balaban J connectivity index is 1.68. The Morgan fingerprint density at radius 2 is 1.17 bits per heavy atom. The van der Waals surface area contributed by atoms with Gasteiger partial charge in [0.05, 0.1) is 18.2 Å². The smallest absolute Gasteiger partial charge is 0.189 e. The van der Waals surface area contributed by atoms with E-state index >= 15 is 0 Å². The minimum atomic E-state index is -0.901. The summed E-state index contributed by atoms with van der Waals surface area (Å²) in [5.41, 5.74) is 3.94. The number of hydrogen-bond donors (Lipinski definition) is 0. The van der Waals surface area contributed by atoms with Crippen molar-refractivity contribution in [3.63, 3.8) is 0 Å². The Labute approximate surface area is 182 Å². The first kappa shape index (κ1) is 21.2. The van der Waals surface area contributed by atoms with Gasteiger partial charge in [-0.25, -0.2) is 9.34 Å². The molecule has 3 atom stereocenters. The summed E-state index contributed by atoms with van der Waals surface area (Å²) >= 11 is 0. The van der Waals surface area contributed by atoms with Gasteiger partial charge in [-0.15, -0.1) is 0 Å². The van der Waals surface area contributed by atoms with Crippen LogP contribution in [0, 0.1) is 0 Å². The molecule has 1 saturated heterocycles. The van der Waals surface area contributed by atoms with Gasteiger partial charge in [0, 0.05) is 0 Å². The summed E-state index contributed by atoms with van der Waals surface area (Å²) in [5.74, 6) is 0. The highest BCUT2D eigenvalue weighted by atomic mass is 31.2. The fraction of sp³-hybridized carbons (Fsp3) is 0.308. The molecule has 0 unspecified atom stereocenters. The van der Waals surface area contributed by atoms with Crippen LogP contribution in [0.4, 0.5) is 0 Å².